The lowest BCUT2D eigenvalue weighted by molar-refractivity contribution is 0.131. The van der Waals surface area contributed by atoms with E-state index in [0.29, 0.717) is 0 Å². The van der Waals surface area contributed by atoms with Gasteiger partial charge in [0.25, 0.3) is 6.43 Å². The summed E-state index contributed by atoms with van der Waals surface area (Å²) >= 11 is 0. The Morgan fingerprint density at radius 3 is 2.25 bits per heavy atom. The van der Waals surface area contributed by atoms with Crippen LogP contribution in [0.3, 0.4) is 0 Å². The fourth-order valence-corrected chi connectivity index (χ4v) is 0.860. The van der Waals surface area contributed by atoms with Crippen LogP contribution in [-0.2, 0) is 0 Å². The van der Waals surface area contributed by atoms with Crippen molar-refractivity contribution >= 4 is 5.69 Å². The molecule has 1 aromatic rings. The first-order valence-corrected chi connectivity index (χ1v) is 3.80. The first-order chi connectivity index (χ1) is 5.70. The van der Waals surface area contributed by atoms with Gasteiger partial charge in [0.05, 0.1) is 6.04 Å². The van der Waals surface area contributed by atoms with Crippen LogP contribution in [0.1, 0.15) is 6.92 Å². The number of alkyl halides is 2. The summed E-state index contributed by atoms with van der Waals surface area (Å²) in [5.74, 6) is 0. The van der Waals surface area contributed by atoms with E-state index in [1.165, 1.54) is 6.92 Å². The molecule has 12 heavy (non-hydrogen) atoms. The zero-order chi connectivity index (χ0) is 8.97. The van der Waals surface area contributed by atoms with Crippen molar-refractivity contribution in [2.75, 3.05) is 5.32 Å². The molecule has 66 valence electrons. The summed E-state index contributed by atoms with van der Waals surface area (Å²) in [6.45, 7) is 1.46. The minimum atomic E-state index is -2.33. The van der Waals surface area contributed by atoms with Gasteiger partial charge in [-0.3, -0.25) is 0 Å². The number of para-hydroxylation sites is 1. The van der Waals surface area contributed by atoms with Crippen molar-refractivity contribution in [2.45, 2.75) is 19.4 Å². The molecule has 0 aliphatic heterocycles. The highest BCUT2D eigenvalue weighted by Crippen LogP contribution is 2.10. The molecule has 3 heteroatoms. The van der Waals surface area contributed by atoms with Crippen LogP contribution in [0, 0.1) is 0 Å². The molecule has 0 saturated heterocycles. The third-order valence-corrected chi connectivity index (χ3v) is 1.55. The molecule has 1 aromatic carbocycles. The number of benzene rings is 1. The summed E-state index contributed by atoms with van der Waals surface area (Å²) in [4.78, 5) is 0. The average Bonchev–Trinajstić information content (AvgIpc) is 2.06. The molecule has 1 nitrogen and oxygen atoms in total. The Bertz CT molecular complexity index is 223. The topological polar surface area (TPSA) is 12.0 Å². The minimum Gasteiger partial charge on any atom is -0.377 e. The van der Waals surface area contributed by atoms with Crippen LogP contribution in [0.15, 0.2) is 30.3 Å². The number of hydrogen-bond donors (Lipinski definition) is 1. The number of halogens is 2. The van der Waals surface area contributed by atoms with Crippen LogP contribution in [0.5, 0.6) is 0 Å². The molecule has 1 unspecified atom stereocenters. The van der Waals surface area contributed by atoms with E-state index in [2.05, 4.69) is 5.32 Å². The van der Waals surface area contributed by atoms with E-state index < -0.39 is 12.5 Å². The van der Waals surface area contributed by atoms with Gasteiger partial charge in [0.15, 0.2) is 0 Å². The third-order valence-electron chi connectivity index (χ3n) is 1.55. The second-order valence-electron chi connectivity index (χ2n) is 2.63. The highest BCUT2D eigenvalue weighted by Gasteiger charge is 2.12. The highest BCUT2D eigenvalue weighted by atomic mass is 19.3. The standard InChI is InChI=1S/C9H11F2N/c1-7(9(10)11)12-8-5-3-2-4-6-8/h2-7,9,12H,1H3. The Balaban J connectivity index is 2.53. The fraction of sp³-hybridized carbons (Fsp3) is 0.333. The van der Waals surface area contributed by atoms with Gasteiger partial charge in [-0.1, -0.05) is 18.2 Å². The van der Waals surface area contributed by atoms with Gasteiger partial charge >= 0.3 is 0 Å². The SMILES string of the molecule is CC(Nc1ccccc1)C(F)F. The Kier molecular flexibility index (Phi) is 3.02. The molecule has 0 fully saturated rings. The van der Waals surface area contributed by atoms with Crippen LogP contribution in [0.4, 0.5) is 14.5 Å². The fourth-order valence-electron chi connectivity index (χ4n) is 0.860. The molecule has 1 N–H and O–H groups in total. The van der Waals surface area contributed by atoms with Gasteiger partial charge in [0.2, 0.25) is 0 Å². The Labute approximate surface area is 70.4 Å². The van der Waals surface area contributed by atoms with Crippen LogP contribution in [0.2, 0.25) is 0 Å². The van der Waals surface area contributed by atoms with Crippen molar-refractivity contribution in [2.24, 2.45) is 0 Å². The van der Waals surface area contributed by atoms with Crippen molar-refractivity contribution in [3.05, 3.63) is 30.3 Å². The Hall–Kier alpha value is -1.12. The van der Waals surface area contributed by atoms with Crippen LogP contribution < -0.4 is 5.32 Å². The zero-order valence-electron chi connectivity index (χ0n) is 6.80. The number of anilines is 1. The first kappa shape index (κ1) is 8.97. The van der Waals surface area contributed by atoms with E-state index in [0.717, 1.165) is 5.69 Å². The molecule has 0 saturated carbocycles. The van der Waals surface area contributed by atoms with Crippen molar-refractivity contribution < 1.29 is 8.78 Å². The summed E-state index contributed by atoms with van der Waals surface area (Å²) in [5, 5.41) is 2.69. The quantitative estimate of drug-likeness (QED) is 0.737. The normalized spacial score (nSPS) is 13.0. The summed E-state index contributed by atoms with van der Waals surface area (Å²) in [7, 11) is 0. The third kappa shape index (κ3) is 2.49. The smallest absolute Gasteiger partial charge is 0.258 e. The maximum atomic E-state index is 12.1. The monoisotopic (exact) mass is 171 g/mol. The van der Waals surface area contributed by atoms with Gasteiger partial charge in [-0.25, -0.2) is 8.78 Å². The van der Waals surface area contributed by atoms with Crippen LogP contribution in [-0.4, -0.2) is 12.5 Å². The predicted molar refractivity (Wildman–Crippen MR) is 45.5 cm³/mol. The second kappa shape index (κ2) is 4.04. The molecule has 1 rings (SSSR count). The molecule has 0 aliphatic carbocycles. The van der Waals surface area contributed by atoms with E-state index in [9.17, 15) is 8.78 Å². The van der Waals surface area contributed by atoms with Gasteiger partial charge in [-0.05, 0) is 19.1 Å². The average molecular weight is 171 g/mol. The minimum absolute atomic E-state index is 0.727. The van der Waals surface area contributed by atoms with E-state index in [-0.39, 0.29) is 0 Å². The van der Waals surface area contributed by atoms with Crippen molar-refractivity contribution in [1.82, 2.24) is 0 Å². The van der Waals surface area contributed by atoms with E-state index in [1.54, 1.807) is 24.3 Å². The number of hydrogen-bond acceptors (Lipinski definition) is 1. The van der Waals surface area contributed by atoms with E-state index >= 15 is 0 Å². The molecule has 0 aliphatic rings. The molecular formula is C9H11F2N. The summed E-state index contributed by atoms with van der Waals surface area (Å²) in [6.07, 6.45) is -2.33. The van der Waals surface area contributed by atoms with Gasteiger partial charge in [0.1, 0.15) is 0 Å². The van der Waals surface area contributed by atoms with Gasteiger partial charge in [0, 0.05) is 5.69 Å². The van der Waals surface area contributed by atoms with Gasteiger partial charge in [-0.2, -0.15) is 0 Å². The van der Waals surface area contributed by atoms with Crippen molar-refractivity contribution in [3.8, 4) is 0 Å². The molecular weight excluding hydrogens is 160 g/mol. The Morgan fingerprint density at radius 1 is 1.17 bits per heavy atom. The van der Waals surface area contributed by atoms with Crippen molar-refractivity contribution in [1.29, 1.82) is 0 Å². The predicted octanol–water partition coefficient (Wildman–Crippen LogP) is 2.75. The van der Waals surface area contributed by atoms with E-state index in [1.807, 2.05) is 6.07 Å². The number of rotatable bonds is 3. The highest BCUT2D eigenvalue weighted by molar-refractivity contribution is 5.43. The van der Waals surface area contributed by atoms with E-state index in [4.69, 9.17) is 0 Å². The molecule has 0 spiro atoms. The summed E-state index contributed by atoms with van der Waals surface area (Å²) in [5.41, 5.74) is 0.727. The molecule has 0 aromatic heterocycles. The van der Waals surface area contributed by atoms with Crippen molar-refractivity contribution in [3.63, 3.8) is 0 Å². The van der Waals surface area contributed by atoms with Crippen LogP contribution >= 0.6 is 0 Å². The first-order valence-electron chi connectivity index (χ1n) is 3.80. The van der Waals surface area contributed by atoms with Gasteiger partial charge in [-0.15, -0.1) is 0 Å². The second-order valence-corrected chi connectivity index (χ2v) is 2.63. The van der Waals surface area contributed by atoms with Gasteiger partial charge < -0.3 is 5.32 Å². The maximum Gasteiger partial charge on any atom is 0.258 e. The lowest BCUT2D eigenvalue weighted by atomic mass is 10.3. The Morgan fingerprint density at radius 2 is 1.75 bits per heavy atom. The lowest BCUT2D eigenvalue weighted by Crippen LogP contribution is -2.23. The maximum absolute atomic E-state index is 12.1. The number of nitrogens with one attached hydrogen (secondary N) is 1. The molecule has 0 radical (unpaired) electrons. The zero-order valence-corrected chi connectivity index (χ0v) is 6.80. The summed E-state index contributed by atoms with van der Waals surface area (Å²) in [6, 6.07) is 8.18. The molecule has 0 bridgehead atoms. The van der Waals surface area contributed by atoms with Crippen LogP contribution in [0.25, 0.3) is 0 Å². The molecule has 0 heterocycles. The summed E-state index contributed by atoms with van der Waals surface area (Å²) < 4.78 is 24.1. The molecule has 0 amide bonds. The lowest BCUT2D eigenvalue weighted by Gasteiger charge is -2.13. The molecule has 1 atom stereocenters. The largest absolute Gasteiger partial charge is 0.377 e.